The molecule has 0 fully saturated rings. The molecule has 0 spiro atoms. The fourth-order valence-electron chi connectivity index (χ4n) is 3.26. The van der Waals surface area contributed by atoms with Crippen molar-refractivity contribution in [3.05, 3.63) is 76.7 Å². The first-order valence-electron chi connectivity index (χ1n) is 10.2. The van der Waals surface area contributed by atoms with Gasteiger partial charge in [0, 0.05) is 23.0 Å². The van der Waals surface area contributed by atoms with Gasteiger partial charge >= 0.3 is 0 Å². The van der Waals surface area contributed by atoms with Crippen LogP contribution in [0.5, 0.6) is 0 Å². The summed E-state index contributed by atoms with van der Waals surface area (Å²) in [4.78, 5) is 48.7. The highest BCUT2D eigenvalue weighted by Gasteiger charge is 2.30. The maximum Gasteiger partial charge on any atom is 0.292 e. The molecule has 4 rings (SSSR count). The Bertz CT molecular complexity index is 1250. The van der Waals surface area contributed by atoms with E-state index in [4.69, 9.17) is 0 Å². The van der Waals surface area contributed by atoms with Crippen molar-refractivity contribution in [3.8, 4) is 11.4 Å². The van der Waals surface area contributed by atoms with Crippen LogP contribution in [0.3, 0.4) is 0 Å². The monoisotopic (exact) mass is 430 g/mol. The van der Waals surface area contributed by atoms with Crippen molar-refractivity contribution < 1.29 is 9.59 Å². The van der Waals surface area contributed by atoms with Crippen LogP contribution in [0, 0.1) is 0 Å². The fourth-order valence-corrected chi connectivity index (χ4v) is 3.26. The molecule has 2 heterocycles. The van der Waals surface area contributed by atoms with Gasteiger partial charge in [-0.3, -0.25) is 19.8 Å². The summed E-state index contributed by atoms with van der Waals surface area (Å²) in [6.45, 7) is 3.56. The van der Waals surface area contributed by atoms with Gasteiger partial charge < -0.3 is 10.3 Å². The first kappa shape index (κ1) is 21.0. The lowest BCUT2D eigenvalue weighted by molar-refractivity contribution is -0.120. The number of carbonyl (C=O) groups excluding carboxylic acids is 2. The molecule has 32 heavy (non-hydrogen) atoms. The van der Waals surface area contributed by atoms with Crippen LogP contribution < -0.4 is 21.3 Å². The third kappa shape index (κ3) is 4.41. The molecular weight excluding hydrogens is 408 g/mol. The van der Waals surface area contributed by atoms with Gasteiger partial charge in [-0.1, -0.05) is 37.3 Å². The number of aromatic nitrogens is 2. The number of carbonyl (C=O) groups is 2. The van der Waals surface area contributed by atoms with Crippen molar-refractivity contribution >= 4 is 29.0 Å². The lowest BCUT2D eigenvalue weighted by Crippen LogP contribution is -2.57. The molecule has 0 radical (unpaired) electrons. The zero-order valence-corrected chi connectivity index (χ0v) is 17.6. The molecule has 0 saturated heterocycles. The summed E-state index contributed by atoms with van der Waals surface area (Å²) in [5.41, 5.74) is 5.01. The van der Waals surface area contributed by atoms with Crippen molar-refractivity contribution in [1.29, 1.82) is 0 Å². The van der Waals surface area contributed by atoms with Gasteiger partial charge in [-0.15, -0.1) is 0 Å². The van der Waals surface area contributed by atoms with Gasteiger partial charge in [0.25, 0.3) is 17.4 Å². The molecule has 1 aliphatic rings. The number of hydrogen-bond acceptors (Lipinski definition) is 6. The Morgan fingerprint density at radius 1 is 1.09 bits per heavy atom. The van der Waals surface area contributed by atoms with Crippen LogP contribution in [0.1, 0.15) is 19.5 Å². The Labute approximate surface area is 184 Å². The lowest BCUT2D eigenvalue weighted by Gasteiger charge is -2.30. The molecule has 0 saturated carbocycles. The molecule has 2 amide bonds. The number of nitrogens with one attached hydrogen (secondary N) is 3. The molecule has 2 aromatic carbocycles. The molecule has 9 nitrogen and oxygen atoms in total. The Morgan fingerprint density at radius 2 is 1.88 bits per heavy atom. The highest BCUT2D eigenvalue weighted by atomic mass is 16.2. The van der Waals surface area contributed by atoms with Gasteiger partial charge in [-0.2, -0.15) is 0 Å². The number of hydrazine groups is 1. The molecule has 1 aromatic heterocycles. The van der Waals surface area contributed by atoms with E-state index in [1.165, 1.54) is 11.1 Å². The van der Waals surface area contributed by atoms with E-state index in [0.717, 1.165) is 0 Å². The van der Waals surface area contributed by atoms with Crippen molar-refractivity contribution in [2.24, 2.45) is 4.99 Å². The Kier molecular flexibility index (Phi) is 5.80. The summed E-state index contributed by atoms with van der Waals surface area (Å²) in [5.74, 6) is -0.314. The van der Waals surface area contributed by atoms with Crippen molar-refractivity contribution in [2.45, 2.75) is 26.3 Å². The first-order valence-corrected chi connectivity index (χ1v) is 10.2. The molecule has 0 bridgehead atoms. The standard InChI is InChI=1S/C23H22N6O3/c1-3-16-13-19(30)27-20(25-16)15-8-7-9-17(12-15)26-22(31)21-24-14(2)23(32)29(28-21)18-10-5-4-6-11-18/h4-14H,3H2,1-2H3,(H,24,28)(H,26,31)(H,25,27,30)/t14-/m1/s1. The van der Waals surface area contributed by atoms with E-state index < -0.39 is 11.9 Å². The molecule has 1 atom stereocenters. The summed E-state index contributed by atoms with van der Waals surface area (Å²) < 4.78 is 0. The van der Waals surface area contributed by atoms with Gasteiger partial charge in [0.05, 0.1) is 5.69 Å². The molecule has 3 aromatic rings. The summed E-state index contributed by atoms with van der Waals surface area (Å²) in [6, 6.07) is 16.7. The van der Waals surface area contributed by atoms with E-state index in [0.29, 0.717) is 34.9 Å². The number of aromatic amines is 1. The molecular formula is C23H22N6O3. The number of nitrogens with zero attached hydrogens (tertiary/aromatic N) is 3. The van der Waals surface area contributed by atoms with Gasteiger partial charge in [-0.25, -0.2) is 15.0 Å². The number of amides is 2. The average Bonchev–Trinajstić information content (AvgIpc) is 2.81. The minimum Gasteiger partial charge on any atom is -0.319 e. The average molecular weight is 430 g/mol. The van der Waals surface area contributed by atoms with E-state index in [1.807, 2.05) is 13.0 Å². The third-order valence-electron chi connectivity index (χ3n) is 4.90. The topological polar surface area (TPSA) is 120 Å². The molecule has 1 aliphatic heterocycles. The molecule has 0 aliphatic carbocycles. The summed E-state index contributed by atoms with van der Waals surface area (Å²) in [7, 11) is 0. The van der Waals surface area contributed by atoms with Crippen LogP contribution in [0.4, 0.5) is 11.4 Å². The third-order valence-corrected chi connectivity index (χ3v) is 4.90. The highest BCUT2D eigenvalue weighted by molar-refractivity contribution is 6.43. The van der Waals surface area contributed by atoms with Crippen molar-refractivity contribution in [3.63, 3.8) is 0 Å². The predicted octanol–water partition coefficient (Wildman–Crippen LogP) is 2.28. The molecule has 0 unspecified atom stereocenters. The predicted molar refractivity (Wildman–Crippen MR) is 122 cm³/mol. The largest absolute Gasteiger partial charge is 0.319 e. The van der Waals surface area contributed by atoms with E-state index >= 15 is 0 Å². The Balaban J connectivity index is 1.56. The van der Waals surface area contributed by atoms with Crippen molar-refractivity contribution in [2.75, 3.05) is 10.3 Å². The van der Waals surface area contributed by atoms with Crippen LogP contribution in [-0.2, 0) is 16.0 Å². The van der Waals surface area contributed by atoms with E-state index in [-0.39, 0.29) is 17.3 Å². The van der Waals surface area contributed by atoms with Crippen LogP contribution in [0.25, 0.3) is 11.4 Å². The van der Waals surface area contributed by atoms with Gasteiger partial charge in [0.2, 0.25) is 5.84 Å². The minimum atomic E-state index is -0.713. The number of anilines is 2. The quantitative estimate of drug-likeness (QED) is 0.574. The number of aliphatic imine (C=N–C) groups is 1. The van der Waals surface area contributed by atoms with Crippen LogP contribution >= 0.6 is 0 Å². The summed E-state index contributed by atoms with van der Waals surface area (Å²) >= 11 is 0. The van der Waals surface area contributed by atoms with Crippen LogP contribution in [-0.4, -0.2) is 33.7 Å². The summed E-state index contributed by atoms with van der Waals surface area (Å²) in [6.07, 6.45) is 0.633. The van der Waals surface area contributed by atoms with Crippen molar-refractivity contribution in [1.82, 2.24) is 15.4 Å². The number of para-hydroxylation sites is 1. The van der Waals surface area contributed by atoms with E-state index in [1.54, 1.807) is 55.5 Å². The Morgan fingerprint density at radius 3 is 2.62 bits per heavy atom. The highest BCUT2D eigenvalue weighted by Crippen LogP contribution is 2.20. The lowest BCUT2D eigenvalue weighted by atomic mass is 10.1. The maximum atomic E-state index is 12.9. The smallest absolute Gasteiger partial charge is 0.292 e. The molecule has 9 heteroatoms. The zero-order chi connectivity index (χ0) is 22.7. The van der Waals surface area contributed by atoms with Gasteiger partial charge in [-0.05, 0) is 37.6 Å². The second-order valence-corrected chi connectivity index (χ2v) is 7.25. The number of rotatable bonds is 5. The van der Waals surface area contributed by atoms with Gasteiger partial charge in [0.15, 0.2) is 0 Å². The molecule has 3 N–H and O–H groups in total. The number of benzene rings is 2. The van der Waals surface area contributed by atoms with E-state index in [9.17, 15) is 14.4 Å². The fraction of sp³-hybridized carbons (Fsp3) is 0.174. The summed E-state index contributed by atoms with van der Waals surface area (Å²) in [5, 5.41) is 4.10. The molecule has 162 valence electrons. The Hall–Kier alpha value is -4.27. The number of hydrogen-bond donors (Lipinski definition) is 3. The zero-order valence-electron chi connectivity index (χ0n) is 17.6. The van der Waals surface area contributed by atoms with Gasteiger partial charge in [0.1, 0.15) is 11.9 Å². The van der Waals surface area contributed by atoms with Crippen LogP contribution in [0.15, 0.2) is 70.5 Å². The second-order valence-electron chi connectivity index (χ2n) is 7.25. The number of aryl methyl sites for hydroxylation is 1. The van der Waals surface area contributed by atoms with Crippen LogP contribution in [0.2, 0.25) is 0 Å². The maximum absolute atomic E-state index is 12.9. The normalized spacial score (nSPS) is 15.7. The SMILES string of the molecule is CCc1cc(=O)[nH]c(-c2cccc(NC(=O)C3=N[C@H](C)C(=O)N(c4ccccc4)N3)c2)n1. The van der Waals surface area contributed by atoms with E-state index in [2.05, 4.69) is 25.7 Å². The second kappa shape index (κ2) is 8.84. The minimum absolute atomic E-state index is 0.0193. The number of amidine groups is 1. The first-order chi connectivity index (χ1) is 15.4. The number of H-pyrrole nitrogens is 1.